The highest BCUT2D eigenvalue weighted by molar-refractivity contribution is 5.77. The minimum absolute atomic E-state index is 0.00518. The molecule has 0 unspecified atom stereocenters. The average molecular weight is 470 g/mol. The van der Waals surface area contributed by atoms with Gasteiger partial charge < -0.3 is 15.2 Å². The topological polar surface area (TPSA) is 114 Å². The molecule has 3 rings (SSSR count). The smallest absolute Gasteiger partial charge is 0.475 e. The number of nitrogens with zero attached hydrogens (tertiary/aromatic N) is 3. The molecule has 1 aliphatic rings. The molecule has 0 fully saturated rings. The zero-order chi connectivity index (χ0) is 24.4. The molecule has 1 amide bonds. The first kappa shape index (κ1) is 26.0. The van der Waals surface area contributed by atoms with Crippen LogP contribution < -0.4 is 10.9 Å². The Balaban J connectivity index is 0.000000479. The van der Waals surface area contributed by atoms with E-state index in [4.69, 9.17) is 14.6 Å². The summed E-state index contributed by atoms with van der Waals surface area (Å²) in [6.07, 6.45) is -4.18. The van der Waals surface area contributed by atoms with Gasteiger partial charge in [0.2, 0.25) is 5.91 Å². The van der Waals surface area contributed by atoms with Crippen LogP contribution in [0.5, 0.6) is 0 Å². The lowest BCUT2D eigenvalue weighted by atomic mass is 10.2. The lowest BCUT2D eigenvalue weighted by molar-refractivity contribution is -0.192. The fraction of sp³-hybridized carbons (Fsp3) is 0.429. The van der Waals surface area contributed by atoms with Crippen molar-refractivity contribution in [1.82, 2.24) is 19.8 Å². The first-order valence-electron chi connectivity index (χ1n) is 10.0. The lowest BCUT2D eigenvalue weighted by Crippen LogP contribution is -2.31. The SMILES string of the molecule is COCC(=O)NCc1cc(=O)n2c(n1)CN(Cc1ccccc1)CCC2.O=C(O)C(F)(F)F. The van der Waals surface area contributed by atoms with Gasteiger partial charge in [0, 0.05) is 32.8 Å². The van der Waals surface area contributed by atoms with Crippen LogP contribution in [0.1, 0.15) is 23.5 Å². The first-order valence-corrected chi connectivity index (χ1v) is 10.0. The number of hydrogen-bond donors (Lipinski definition) is 2. The molecule has 0 radical (unpaired) electrons. The number of benzene rings is 1. The molecular formula is C21H25F3N4O5. The summed E-state index contributed by atoms with van der Waals surface area (Å²) >= 11 is 0. The molecule has 1 aromatic heterocycles. The number of hydrogen-bond acceptors (Lipinski definition) is 6. The van der Waals surface area contributed by atoms with E-state index in [9.17, 15) is 22.8 Å². The number of halogens is 3. The minimum atomic E-state index is -5.08. The van der Waals surface area contributed by atoms with Crippen LogP contribution in [0.4, 0.5) is 13.2 Å². The molecule has 0 atom stereocenters. The normalized spacial score (nSPS) is 13.8. The number of ether oxygens (including phenoxy) is 1. The number of alkyl halides is 3. The molecule has 2 heterocycles. The summed E-state index contributed by atoms with van der Waals surface area (Å²) in [5, 5.41) is 9.84. The predicted molar refractivity (Wildman–Crippen MR) is 111 cm³/mol. The molecule has 33 heavy (non-hydrogen) atoms. The first-order chi connectivity index (χ1) is 15.6. The number of carbonyl (C=O) groups is 2. The van der Waals surface area contributed by atoms with Gasteiger partial charge in [0.1, 0.15) is 12.4 Å². The maximum atomic E-state index is 12.4. The summed E-state index contributed by atoms with van der Waals surface area (Å²) in [6, 6.07) is 11.8. The second kappa shape index (κ2) is 12.1. The summed E-state index contributed by atoms with van der Waals surface area (Å²) in [4.78, 5) is 39.8. The van der Waals surface area contributed by atoms with E-state index < -0.39 is 12.1 Å². The van der Waals surface area contributed by atoms with Gasteiger partial charge in [-0.1, -0.05) is 30.3 Å². The lowest BCUT2D eigenvalue weighted by Gasteiger charge is -2.19. The quantitative estimate of drug-likeness (QED) is 0.659. The van der Waals surface area contributed by atoms with Gasteiger partial charge in [0.25, 0.3) is 5.56 Å². The predicted octanol–water partition coefficient (Wildman–Crippen LogP) is 1.55. The molecule has 0 saturated heterocycles. The summed E-state index contributed by atoms with van der Waals surface area (Å²) in [5.41, 5.74) is 1.76. The Bertz CT molecular complexity index is 996. The van der Waals surface area contributed by atoms with Gasteiger partial charge in [0.15, 0.2) is 0 Å². The van der Waals surface area contributed by atoms with Crippen molar-refractivity contribution in [3.63, 3.8) is 0 Å². The number of rotatable bonds is 6. The van der Waals surface area contributed by atoms with Crippen LogP contribution in [0.25, 0.3) is 0 Å². The maximum Gasteiger partial charge on any atom is 0.490 e. The highest BCUT2D eigenvalue weighted by Gasteiger charge is 2.38. The molecule has 1 aliphatic heterocycles. The summed E-state index contributed by atoms with van der Waals surface area (Å²) < 4.78 is 38.3. The Morgan fingerprint density at radius 3 is 2.48 bits per heavy atom. The number of amides is 1. The van der Waals surface area contributed by atoms with E-state index in [1.165, 1.54) is 18.7 Å². The van der Waals surface area contributed by atoms with Crippen LogP contribution in [0.15, 0.2) is 41.2 Å². The Kier molecular flexibility index (Phi) is 9.55. The van der Waals surface area contributed by atoms with E-state index in [0.717, 1.165) is 25.3 Å². The molecule has 0 saturated carbocycles. The Labute approximate surface area is 187 Å². The molecule has 180 valence electrons. The molecule has 0 spiro atoms. The van der Waals surface area contributed by atoms with Crippen LogP contribution >= 0.6 is 0 Å². The van der Waals surface area contributed by atoms with Crippen molar-refractivity contribution in [2.75, 3.05) is 20.3 Å². The fourth-order valence-corrected chi connectivity index (χ4v) is 3.14. The van der Waals surface area contributed by atoms with Gasteiger partial charge >= 0.3 is 12.1 Å². The van der Waals surface area contributed by atoms with Crippen molar-refractivity contribution in [2.45, 2.75) is 38.8 Å². The van der Waals surface area contributed by atoms with E-state index in [2.05, 4.69) is 27.3 Å². The van der Waals surface area contributed by atoms with Gasteiger partial charge in [-0.3, -0.25) is 19.1 Å². The molecule has 0 bridgehead atoms. The van der Waals surface area contributed by atoms with E-state index >= 15 is 0 Å². The second-order valence-electron chi connectivity index (χ2n) is 7.22. The third-order valence-electron chi connectivity index (χ3n) is 4.60. The van der Waals surface area contributed by atoms with Gasteiger partial charge in [-0.2, -0.15) is 13.2 Å². The van der Waals surface area contributed by atoms with Crippen LogP contribution in [0, 0.1) is 0 Å². The number of carbonyl (C=O) groups excluding carboxylic acids is 1. The summed E-state index contributed by atoms with van der Waals surface area (Å²) in [6.45, 7) is 3.24. The number of carboxylic acid groups (broad SMARTS) is 1. The number of aromatic nitrogens is 2. The van der Waals surface area contributed by atoms with Crippen LogP contribution in [0.3, 0.4) is 0 Å². The Morgan fingerprint density at radius 2 is 1.88 bits per heavy atom. The molecule has 9 nitrogen and oxygen atoms in total. The third-order valence-corrected chi connectivity index (χ3v) is 4.60. The van der Waals surface area contributed by atoms with Gasteiger partial charge in [0.05, 0.1) is 18.8 Å². The highest BCUT2D eigenvalue weighted by Crippen LogP contribution is 2.14. The Hall–Kier alpha value is -3.25. The fourth-order valence-electron chi connectivity index (χ4n) is 3.14. The minimum Gasteiger partial charge on any atom is -0.475 e. The maximum absolute atomic E-state index is 12.4. The number of fused-ring (bicyclic) bond motifs is 1. The van der Waals surface area contributed by atoms with Crippen LogP contribution in [-0.4, -0.2) is 57.9 Å². The van der Waals surface area contributed by atoms with Crippen LogP contribution in [-0.2, 0) is 40.5 Å². The molecule has 1 aromatic carbocycles. The average Bonchev–Trinajstić information content (AvgIpc) is 2.95. The molecular weight excluding hydrogens is 445 g/mol. The molecule has 2 aromatic rings. The van der Waals surface area contributed by atoms with Gasteiger partial charge in [-0.15, -0.1) is 0 Å². The molecule has 12 heteroatoms. The standard InChI is InChI=1S/C19H24N4O3.C2HF3O2/c1-26-14-18(24)20-11-16-10-19(25)23-9-5-8-22(13-17(23)21-16)12-15-6-3-2-4-7-15;3-2(4,5)1(6)7/h2-4,6-7,10H,5,8-9,11-14H2,1H3,(H,20,24);(H,6,7). The van der Waals surface area contributed by atoms with E-state index in [0.29, 0.717) is 18.8 Å². The van der Waals surface area contributed by atoms with Crippen LogP contribution in [0.2, 0.25) is 0 Å². The number of nitrogens with one attached hydrogen (secondary N) is 1. The summed E-state index contributed by atoms with van der Waals surface area (Å²) in [5.74, 6) is -2.23. The van der Waals surface area contributed by atoms with Gasteiger partial charge in [-0.05, 0) is 12.0 Å². The second-order valence-corrected chi connectivity index (χ2v) is 7.22. The third kappa shape index (κ3) is 8.66. The number of aliphatic carboxylic acids is 1. The van der Waals surface area contributed by atoms with Crippen molar-refractivity contribution in [1.29, 1.82) is 0 Å². The van der Waals surface area contributed by atoms with E-state index in [1.54, 1.807) is 4.57 Å². The zero-order valence-electron chi connectivity index (χ0n) is 18.0. The van der Waals surface area contributed by atoms with E-state index in [-0.39, 0.29) is 24.6 Å². The van der Waals surface area contributed by atoms with E-state index in [1.807, 2.05) is 18.2 Å². The van der Waals surface area contributed by atoms with Crippen molar-refractivity contribution >= 4 is 11.9 Å². The highest BCUT2D eigenvalue weighted by atomic mass is 19.4. The monoisotopic (exact) mass is 470 g/mol. The zero-order valence-corrected chi connectivity index (χ0v) is 18.0. The molecule has 0 aliphatic carbocycles. The summed E-state index contributed by atoms with van der Waals surface area (Å²) in [7, 11) is 1.47. The number of methoxy groups -OCH3 is 1. The largest absolute Gasteiger partial charge is 0.490 e. The van der Waals surface area contributed by atoms with Crippen molar-refractivity contribution in [2.24, 2.45) is 0 Å². The van der Waals surface area contributed by atoms with Gasteiger partial charge in [-0.25, -0.2) is 9.78 Å². The van der Waals surface area contributed by atoms with Crippen molar-refractivity contribution in [3.8, 4) is 0 Å². The Morgan fingerprint density at radius 1 is 1.21 bits per heavy atom. The van der Waals surface area contributed by atoms with Crippen molar-refractivity contribution < 1.29 is 32.6 Å². The molecule has 2 N–H and O–H groups in total. The van der Waals surface area contributed by atoms with Crippen molar-refractivity contribution in [3.05, 3.63) is 63.8 Å². The number of carboxylic acids is 1.